The molecule has 112 valence electrons. The zero-order chi connectivity index (χ0) is 15.1. The summed E-state index contributed by atoms with van der Waals surface area (Å²) in [5, 5.41) is 4.65. The van der Waals surface area contributed by atoms with E-state index in [0.29, 0.717) is 10.8 Å². The van der Waals surface area contributed by atoms with Crippen LogP contribution < -0.4 is 10.9 Å². The predicted molar refractivity (Wildman–Crippen MR) is 82.5 cm³/mol. The molecule has 4 rings (SSSR count). The van der Waals surface area contributed by atoms with Crippen molar-refractivity contribution in [1.82, 2.24) is 18.9 Å². The molecule has 4 heterocycles. The highest BCUT2D eigenvalue weighted by molar-refractivity contribution is 7.15. The highest BCUT2D eigenvalue weighted by atomic mass is 32.1. The fourth-order valence-corrected chi connectivity index (χ4v) is 3.44. The Bertz CT molecular complexity index is 923. The maximum absolute atomic E-state index is 12.5. The first-order chi connectivity index (χ1) is 10.7. The van der Waals surface area contributed by atoms with E-state index in [-0.39, 0.29) is 11.6 Å². The topological polar surface area (TPSA) is 81.3 Å². The first kappa shape index (κ1) is 13.2. The zero-order valence-electron chi connectivity index (χ0n) is 11.7. The van der Waals surface area contributed by atoms with E-state index < -0.39 is 5.56 Å². The number of nitrogens with one attached hydrogen (secondary N) is 1. The first-order valence-electron chi connectivity index (χ1n) is 7.05. The van der Waals surface area contributed by atoms with Crippen molar-refractivity contribution in [2.45, 2.75) is 25.8 Å². The summed E-state index contributed by atoms with van der Waals surface area (Å²) >= 11 is 1.32. The molecule has 0 fully saturated rings. The largest absolute Gasteiger partial charge is 0.315 e. The van der Waals surface area contributed by atoms with Gasteiger partial charge in [-0.1, -0.05) is 0 Å². The summed E-state index contributed by atoms with van der Waals surface area (Å²) in [6, 6.07) is 1.25. The molecule has 1 aliphatic heterocycles. The van der Waals surface area contributed by atoms with Gasteiger partial charge in [0, 0.05) is 30.6 Å². The van der Waals surface area contributed by atoms with Gasteiger partial charge in [0.1, 0.15) is 17.3 Å². The quantitative estimate of drug-likeness (QED) is 0.778. The van der Waals surface area contributed by atoms with Crippen molar-refractivity contribution < 1.29 is 4.79 Å². The van der Waals surface area contributed by atoms with Crippen molar-refractivity contribution in [2.24, 2.45) is 0 Å². The predicted octanol–water partition coefficient (Wildman–Crippen LogP) is 1.54. The highest BCUT2D eigenvalue weighted by Gasteiger charge is 2.18. The van der Waals surface area contributed by atoms with E-state index in [2.05, 4.69) is 15.3 Å². The van der Waals surface area contributed by atoms with Crippen LogP contribution in [0, 0.1) is 0 Å². The number of carbonyl (C=O) groups excluding carboxylic acids is 1. The van der Waals surface area contributed by atoms with Crippen molar-refractivity contribution >= 4 is 28.0 Å². The number of imidazole rings is 1. The van der Waals surface area contributed by atoms with Crippen LogP contribution in [0.25, 0.3) is 4.96 Å². The lowest BCUT2D eigenvalue weighted by atomic mass is 10.2. The fourth-order valence-electron chi connectivity index (χ4n) is 2.72. The lowest BCUT2D eigenvalue weighted by Gasteiger charge is -2.16. The molecule has 0 unspecified atom stereocenters. The SMILES string of the molecule is O=C(Nc1cnc2n1CCCC2)c1cc(=O)nc2sccn12. The second kappa shape index (κ2) is 5.06. The molecule has 8 heteroatoms. The Morgan fingerprint density at radius 1 is 1.36 bits per heavy atom. The van der Waals surface area contributed by atoms with E-state index >= 15 is 0 Å². The van der Waals surface area contributed by atoms with Gasteiger partial charge in [-0.05, 0) is 12.8 Å². The molecular weight excluding hydrogens is 302 g/mol. The Morgan fingerprint density at radius 3 is 3.18 bits per heavy atom. The molecular formula is C14H13N5O2S. The summed E-state index contributed by atoms with van der Waals surface area (Å²) in [6.45, 7) is 0.856. The molecule has 1 N–H and O–H groups in total. The van der Waals surface area contributed by atoms with Crippen molar-refractivity contribution in [3.05, 3.63) is 45.7 Å². The van der Waals surface area contributed by atoms with Crippen LogP contribution in [-0.2, 0) is 13.0 Å². The molecule has 0 atom stereocenters. The van der Waals surface area contributed by atoms with Crippen molar-refractivity contribution in [1.29, 1.82) is 0 Å². The van der Waals surface area contributed by atoms with Crippen LogP contribution in [0.3, 0.4) is 0 Å². The monoisotopic (exact) mass is 315 g/mol. The number of thiazole rings is 1. The van der Waals surface area contributed by atoms with E-state index in [9.17, 15) is 9.59 Å². The van der Waals surface area contributed by atoms with Crippen LogP contribution in [0.1, 0.15) is 29.2 Å². The third kappa shape index (κ3) is 2.12. The van der Waals surface area contributed by atoms with Gasteiger partial charge in [-0.25, -0.2) is 4.98 Å². The van der Waals surface area contributed by atoms with Crippen molar-refractivity contribution in [2.75, 3.05) is 5.32 Å². The minimum atomic E-state index is -0.414. The normalized spacial score (nSPS) is 14.0. The Hall–Kier alpha value is -2.48. The second-order valence-corrected chi connectivity index (χ2v) is 6.03. The fraction of sp³-hybridized carbons (Fsp3) is 0.286. The number of aromatic nitrogens is 4. The number of nitrogens with zero attached hydrogens (tertiary/aromatic N) is 4. The van der Waals surface area contributed by atoms with Gasteiger partial charge in [0.2, 0.25) is 0 Å². The molecule has 7 nitrogen and oxygen atoms in total. The Morgan fingerprint density at radius 2 is 2.27 bits per heavy atom. The second-order valence-electron chi connectivity index (χ2n) is 5.16. The highest BCUT2D eigenvalue weighted by Crippen LogP contribution is 2.20. The van der Waals surface area contributed by atoms with Crippen LogP contribution in [-0.4, -0.2) is 24.8 Å². The molecule has 0 bridgehead atoms. The van der Waals surface area contributed by atoms with Gasteiger partial charge in [-0.15, -0.1) is 11.3 Å². The van der Waals surface area contributed by atoms with Gasteiger partial charge in [-0.3, -0.25) is 14.0 Å². The molecule has 22 heavy (non-hydrogen) atoms. The number of amides is 1. The molecule has 1 amide bonds. The summed E-state index contributed by atoms with van der Waals surface area (Å²) in [7, 11) is 0. The summed E-state index contributed by atoms with van der Waals surface area (Å²) < 4.78 is 3.64. The van der Waals surface area contributed by atoms with Gasteiger partial charge < -0.3 is 9.88 Å². The van der Waals surface area contributed by atoms with E-state index in [1.807, 2.05) is 4.57 Å². The van der Waals surface area contributed by atoms with Crippen molar-refractivity contribution in [3.63, 3.8) is 0 Å². The van der Waals surface area contributed by atoms with Gasteiger partial charge in [0.25, 0.3) is 11.5 Å². The molecule has 3 aromatic rings. The van der Waals surface area contributed by atoms with Crippen LogP contribution >= 0.6 is 11.3 Å². The molecule has 1 aliphatic rings. The first-order valence-corrected chi connectivity index (χ1v) is 7.93. The lowest BCUT2D eigenvalue weighted by molar-refractivity contribution is 0.102. The molecule has 0 radical (unpaired) electrons. The Balaban J connectivity index is 1.71. The summed E-state index contributed by atoms with van der Waals surface area (Å²) in [5.41, 5.74) is -0.134. The molecule has 0 spiro atoms. The third-order valence-electron chi connectivity index (χ3n) is 3.76. The molecule has 0 aliphatic carbocycles. The standard InChI is InChI=1S/C14H13N5O2S/c20-12-7-9(18-5-6-22-14(18)17-12)13(21)16-11-8-15-10-3-1-2-4-19(10)11/h5-8H,1-4H2,(H,16,21). The maximum Gasteiger partial charge on any atom is 0.274 e. The third-order valence-corrected chi connectivity index (χ3v) is 4.52. The van der Waals surface area contributed by atoms with Crippen LogP contribution in [0.15, 0.2) is 28.6 Å². The molecule has 0 saturated heterocycles. The van der Waals surface area contributed by atoms with E-state index in [1.165, 1.54) is 17.4 Å². The Labute approximate surface area is 129 Å². The van der Waals surface area contributed by atoms with Gasteiger partial charge >= 0.3 is 0 Å². The van der Waals surface area contributed by atoms with Crippen molar-refractivity contribution in [3.8, 4) is 0 Å². The van der Waals surface area contributed by atoms with Crippen LogP contribution in [0.4, 0.5) is 5.82 Å². The number of rotatable bonds is 2. The van der Waals surface area contributed by atoms with E-state index in [4.69, 9.17) is 0 Å². The van der Waals surface area contributed by atoms with E-state index in [0.717, 1.165) is 31.6 Å². The van der Waals surface area contributed by atoms with Gasteiger partial charge in [-0.2, -0.15) is 4.98 Å². The maximum atomic E-state index is 12.5. The average molecular weight is 315 g/mol. The van der Waals surface area contributed by atoms with Crippen LogP contribution in [0.2, 0.25) is 0 Å². The molecule has 0 aromatic carbocycles. The Kier molecular flexibility index (Phi) is 3.04. The smallest absolute Gasteiger partial charge is 0.274 e. The molecule has 0 saturated carbocycles. The average Bonchev–Trinajstić information content (AvgIpc) is 3.13. The number of hydrogen-bond acceptors (Lipinski definition) is 5. The number of aryl methyl sites for hydroxylation is 1. The number of carbonyl (C=O) groups is 1. The summed E-state index contributed by atoms with van der Waals surface area (Å²) in [5.74, 6) is 1.34. The summed E-state index contributed by atoms with van der Waals surface area (Å²) in [4.78, 5) is 32.9. The van der Waals surface area contributed by atoms with E-state index in [1.54, 1.807) is 22.2 Å². The van der Waals surface area contributed by atoms with Crippen LogP contribution in [0.5, 0.6) is 0 Å². The number of hydrogen-bond donors (Lipinski definition) is 1. The summed E-state index contributed by atoms with van der Waals surface area (Å²) in [6.07, 6.45) is 6.54. The minimum Gasteiger partial charge on any atom is -0.315 e. The lowest BCUT2D eigenvalue weighted by Crippen LogP contribution is -2.22. The van der Waals surface area contributed by atoms with Gasteiger partial charge in [0.15, 0.2) is 4.96 Å². The molecule has 3 aromatic heterocycles. The number of fused-ring (bicyclic) bond motifs is 2. The number of anilines is 1. The zero-order valence-corrected chi connectivity index (χ0v) is 12.5. The minimum absolute atomic E-state index is 0.280. The van der Waals surface area contributed by atoms with Gasteiger partial charge in [0.05, 0.1) is 6.20 Å².